The summed E-state index contributed by atoms with van der Waals surface area (Å²) in [5, 5.41) is 23.7. The summed E-state index contributed by atoms with van der Waals surface area (Å²) in [6.45, 7) is 19.9. The van der Waals surface area contributed by atoms with Gasteiger partial charge in [-0.1, -0.05) is 34.6 Å². The monoisotopic (exact) mass is 697 g/mol. The summed E-state index contributed by atoms with van der Waals surface area (Å²) in [7, 11) is 0. The van der Waals surface area contributed by atoms with E-state index in [1.54, 1.807) is 13.8 Å². The molecule has 2 spiro atoms. The van der Waals surface area contributed by atoms with Crippen molar-refractivity contribution in [3.05, 3.63) is 18.2 Å². The third kappa shape index (κ3) is 4.93. The minimum absolute atomic E-state index is 0.0248. The van der Waals surface area contributed by atoms with E-state index in [0.717, 1.165) is 51.1 Å². The van der Waals surface area contributed by atoms with Gasteiger partial charge in [0.15, 0.2) is 12.4 Å². The average Bonchev–Trinajstić information content (AvgIpc) is 3.33. The van der Waals surface area contributed by atoms with Crippen LogP contribution in [0.25, 0.3) is 0 Å². The number of rotatable bonds is 7. The fourth-order valence-corrected chi connectivity index (χ4v) is 14.3. The van der Waals surface area contributed by atoms with Crippen molar-refractivity contribution < 1.29 is 34.0 Å². The first-order valence-electron chi connectivity index (χ1n) is 19.7. The lowest BCUT2D eigenvalue weighted by Gasteiger charge is -2.64. The first-order valence-corrected chi connectivity index (χ1v) is 19.7. The zero-order chi connectivity index (χ0) is 35.6. The second-order valence-electron chi connectivity index (χ2n) is 19.4. The van der Waals surface area contributed by atoms with Crippen molar-refractivity contribution >= 4 is 5.97 Å². The Morgan fingerprint density at radius 3 is 2.58 bits per heavy atom. The molecule has 5 aliphatic carbocycles. The Bertz CT molecular complexity index is 1450. The number of carbonyl (C=O) groups is 1. The molecule has 1 aromatic heterocycles. The van der Waals surface area contributed by atoms with E-state index in [0.29, 0.717) is 30.3 Å². The van der Waals surface area contributed by atoms with Crippen LogP contribution in [0.5, 0.6) is 0 Å². The lowest BCUT2D eigenvalue weighted by molar-refractivity contribution is -0.249. The zero-order valence-corrected chi connectivity index (χ0v) is 31.7. The minimum atomic E-state index is -1.26. The number of aliphatic hydroxyl groups is 2. The maximum Gasteiger partial charge on any atom is 0.303 e. The van der Waals surface area contributed by atoms with Gasteiger partial charge in [0.1, 0.15) is 5.82 Å². The fourth-order valence-electron chi connectivity index (χ4n) is 14.3. The van der Waals surface area contributed by atoms with Crippen LogP contribution in [-0.4, -0.2) is 93.2 Å². The summed E-state index contributed by atoms with van der Waals surface area (Å²) in [6, 6.07) is 0. The quantitative estimate of drug-likeness (QED) is 0.318. The molecule has 14 atom stereocenters. The minimum Gasteiger partial charge on any atom is -0.457 e. The Labute approximate surface area is 298 Å². The van der Waals surface area contributed by atoms with Gasteiger partial charge >= 0.3 is 5.97 Å². The summed E-state index contributed by atoms with van der Waals surface area (Å²) < 4.78 is 25.7. The maximum atomic E-state index is 12.6. The molecule has 10 heteroatoms. The van der Waals surface area contributed by atoms with E-state index in [9.17, 15) is 15.0 Å². The summed E-state index contributed by atoms with van der Waals surface area (Å²) in [6.07, 6.45) is 10.2. The van der Waals surface area contributed by atoms with E-state index in [-0.39, 0.29) is 52.0 Å². The highest BCUT2D eigenvalue weighted by Crippen LogP contribution is 2.89. The van der Waals surface area contributed by atoms with E-state index in [1.165, 1.54) is 26.2 Å². The van der Waals surface area contributed by atoms with Gasteiger partial charge in [0.05, 0.1) is 49.7 Å². The standard InChI is InChI=1S/C40H63N3O7/c1-23-19-25(34(36(5,6)46)48-24(2)44)49-32-31(23)37(7)13-14-40-22-39(40)12-11-28(35(3,4)26(39)9-10-27(40)38(37,8)33(32)45)50-30-21-43(17-18-47-30)20-29-41-15-16-42-29/h15-16,23,25-28,30-34,45-46H,9-14,17-22H2,1-8H3,(H,41,42)/t23-,25-,26+,27+,28?,30+,31+,32+,33+,34+,37-,38-,39?,40+/m1/s1. The van der Waals surface area contributed by atoms with E-state index >= 15 is 0 Å². The van der Waals surface area contributed by atoms with E-state index in [2.05, 4.69) is 49.5 Å². The Balaban J connectivity index is 1.01. The van der Waals surface area contributed by atoms with Crippen molar-refractivity contribution in [1.82, 2.24) is 14.9 Å². The molecule has 0 aromatic carbocycles. The molecular weight excluding hydrogens is 634 g/mol. The van der Waals surface area contributed by atoms with Crippen LogP contribution in [0.4, 0.5) is 0 Å². The zero-order valence-electron chi connectivity index (χ0n) is 31.7. The van der Waals surface area contributed by atoms with Crippen LogP contribution in [-0.2, 0) is 30.3 Å². The fraction of sp³-hybridized carbons (Fsp3) is 0.900. The molecule has 0 radical (unpaired) electrons. The number of nitrogens with zero attached hydrogens (tertiary/aromatic N) is 2. The smallest absolute Gasteiger partial charge is 0.303 e. The highest BCUT2D eigenvalue weighted by atomic mass is 16.7. The number of esters is 1. The molecule has 3 heterocycles. The molecule has 0 amide bonds. The van der Waals surface area contributed by atoms with Gasteiger partial charge in [-0.05, 0) is 111 Å². The Morgan fingerprint density at radius 2 is 1.88 bits per heavy atom. The van der Waals surface area contributed by atoms with Crippen molar-refractivity contribution in [2.75, 3.05) is 19.7 Å². The summed E-state index contributed by atoms with van der Waals surface area (Å²) in [5.74, 6) is 2.05. The summed E-state index contributed by atoms with van der Waals surface area (Å²) in [5.41, 5.74) is -1.03. The molecule has 7 fully saturated rings. The summed E-state index contributed by atoms with van der Waals surface area (Å²) in [4.78, 5) is 22.1. The number of hydrogen-bond acceptors (Lipinski definition) is 9. The molecule has 50 heavy (non-hydrogen) atoms. The molecule has 8 rings (SSSR count). The Morgan fingerprint density at radius 1 is 1.14 bits per heavy atom. The molecule has 2 unspecified atom stereocenters. The Kier molecular flexibility index (Phi) is 8.31. The second kappa shape index (κ2) is 11.7. The third-order valence-electron chi connectivity index (χ3n) is 16.5. The van der Waals surface area contributed by atoms with Crippen molar-refractivity contribution in [3.8, 4) is 0 Å². The van der Waals surface area contributed by atoms with Crippen molar-refractivity contribution in [1.29, 1.82) is 0 Å². The second-order valence-corrected chi connectivity index (χ2v) is 19.4. The van der Waals surface area contributed by atoms with Crippen LogP contribution in [0.1, 0.15) is 113 Å². The lowest BCUT2D eigenvalue weighted by atomic mass is 9.41. The molecule has 10 nitrogen and oxygen atoms in total. The van der Waals surface area contributed by atoms with Gasteiger partial charge in [-0.15, -0.1) is 0 Å². The summed E-state index contributed by atoms with van der Waals surface area (Å²) >= 11 is 0. The molecule has 2 aliphatic heterocycles. The molecule has 3 N–H and O–H groups in total. The van der Waals surface area contributed by atoms with Crippen LogP contribution < -0.4 is 0 Å². The van der Waals surface area contributed by atoms with E-state index in [1.807, 2.05) is 12.4 Å². The topological polar surface area (TPSA) is 126 Å². The first-order chi connectivity index (χ1) is 23.5. The molecule has 1 aromatic rings. The number of fused-ring (bicyclic) bond motifs is 4. The van der Waals surface area contributed by atoms with Crippen molar-refractivity contribution in [3.63, 3.8) is 0 Å². The molecule has 2 saturated heterocycles. The normalized spacial score (nSPS) is 48.7. The van der Waals surface area contributed by atoms with Gasteiger partial charge in [-0.2, -0.15) is 0 Å². The van der Waals surface area contributed by atoms with Crippen LogP contribution in [0.3, 0.4) is 0 Å². The van der Waals surface area contributed by atoms with Crippen LogP contribution in [0.15, 0.2) is 12.4 Å². The van der Waals surface area contributed by atoms with Crippen molar-refractivity contribution in [2.24, 2.45) is 50.7 Å². The molecule has 5 saturated carbocycles. The number of aromatic nitrogens is 2. The highest BCUT2D eigenvalue weighted by Gasteiger charge is 2.84. The van der Waals surface area contributed by atoms with Gasteiger partial charge in [0, 0.05) is 31.3 Å². The number of aromatic amines is 1. The number of hydrogen-bond donors (Lipinski definition) is 3. The number of carbonyl (C=O) groups excluding carboxylic acids is 1. The van der Waals surface area contributed by atoms with Crippen LogP contribution in [0.2, 0.25) is 0 Å². The van der Waals surface area contributed by atoms with Crippen molar-refractivity contribution in [2.45, 2.75) is 156 Å². The van der Waals surface area contributed by atoms with Gasteiger partial charge in [0.2, 0.25) is 0 Å². The number of imidazole rings is 1. The molecule has 7 aliphatic rings. The number of H-pyrrole nitrogens is 1. The van der Waals surface area contributed by atoms with Gasteiger partial charge in [0.25, 0.3) is 0 Å². The van der Waals surface area contributed by atoms with Gasteiger partial charge in [-0.25, -0.2) is 4.98 Å². The molecule has 280 valence electrons. The molecular formula is C40H63N3O7. The first kappa shape index (κ1) is 35.5. The van der Waals surface area contributed by atoms with Crippen LogP contribution in [0, 0.1) is 50.7 Å². The SMILES string of the molecule is CC(=O)O[C@@H]([C@H]1C[C@@H](C)[C@H]2[C@H](O1)[C@H](O)[C@@]1(C)[C@@H]3CC[C@H]4C(C)(C)C(O[C@H]5CN(Cc6ncc[nH]6)CCO5)CCC45C[C@@]35CC[C@]21C)C(C)(C)O. The Hall–Kier alpha value is -1.56. The number of ether oxygens (including phenoxy) is 4. The largest absolute Gasteiger partial charge is 0.457 e. The van der Waals surface area contributed by atoms with E-state index < -0.39 is 29.9 Å². The van der Waals surface area contributed by atoms with Crippen LogP contribution >= 0.6 is 0 Å². The number of morpholine rings is 1. The number of aliphatic hydroxyl groups excluding tert-OH is 1. The van der Waals surface area contributed by atoms with Gasteiger partial charge in [-0.3, -0.25) is 9.69 Å². The predicted octanol–water partition coefficient (Wildman–Crippen LogP) is 5.47. The van der Waals surface area contributed by atoms with E-state index in [4.69, 9.17) is 18.9 Å². The maximum absolute atomic E-state index is 12.6. The predicted molar refractivity (Wildman–Crippen MR) is 186 cm³/mol. The lowest BCUT2D eigenvalue weighted by Crippen LogP contribution is -2.60. The molecule has 0 bridgehead atoms. The third-order valence-corrected chi connectivity index (χ3v) is 16.5. The average molecular weight is 698 g/mol. The van der Waals surface area contributed by atoms with Gasteiger partial charge < -0.3 is 34.1 Å². The number of nitrogens with one attached hydrogen (secondary N) is 1. The highest BCUT2D eigenvalue weighted by molar-refractivity contribution is 5.66.